The lowest BCUT2D eigenvalue weighted by Gasteiger charge is -2.21. The zero-order valence-corrected chi connectivity index (χ0v) is 13.2. The maximum absolute atomic E-state index is 12.0. The number of nitrogens with two attached hydrogens (primary N) is 2. The third-order valence-electron chi connectivity index (χ3n) is 3.86. The lowest BCUT2D eigenvalue weighted by Crippen LogP contribution is -2.30. The number of pyridine rings is 1. The fourth-order valence-corrected chi connectivity index (χ4v) is 3.67. The summed E-state index contributed by atoms with van der Waals surface area (Å²) >= 11 is 1.36. The highest BCUT2D eigenvalue weighted by atomic mass is 32.1. The average Bonchev–Trinajstić information content (AvgIpc) is 3.02. The van der Waals surface area contributed by atoms with Crippen LogP contribution in [-0.2, 0) is 11.4 Å². The number of benzene rings is 1. The monoisotopic (exact) mass is 327 g/mol. The van der Waals surface area contributed by atoms with Gasteiger partial charge in [0.2, 0.25) is 5.91 Å². The Labute approximate surface area is 137 Å². The van der Waals surface area contributed by atoms with Gasteiger partial charge in [0.05, 0.1) is 12.5 Å². The largest absolute Gasteiger partial charge is 0.391 e. The summed E-state index contributed by atoms with van der Waals surface area (Å²) in [6.07, 6.45) is 3.50. The van der Waals surface area contributed by atoms with Crippen LogP contribution in [-0.4, -0.2) is 16.0 Å². The summed E-state index contributed by atoms with van der Waals surface area (Å²) in [5.74, 6) is -1.10. The zero-order valence-electron chi connectivity index (χ0n) is 12.3. The summed E-state index contributed by atoms with van der Waals surface area (Å²) in [7, 11) is 0. The second-order valence-electron chi connectivity index (χ2n) is 5.35. The van der Waals surface area contributed by atoms with Crippen molar-refractivity contribution < 1.29 is 9.90 Å². The van der Waals surface area contributed by atoms with Gasteiger partial charge in [0, 0.05) is 33.6 Å². The fourth-order valence-electron chi connectivity index (χ4n) is 2.64. The van der Waals surface area contributed by atoms with Crippen molar-refractivity contribution in [1.29, 1.82) is 0 Å². The van der Waals surface area contributed by atoms with Crippen LogP contribution in [0.3, 0.4) is 0 Å². The van der Waals surface area contributed by atoms with Gasteiger partial charge < -0.3 is 16.6 Å². The number of aliphatic hydroxyl groups excluding tert-OH is 1. The van der Waals surface area contributed by atoms with E-state index in [1.165, 1.54) is 11.3 Å². The number of aliphatic hydroxyl groups is 1. The molecule has 2 unspecified atom stereocenters. The van der Waals surface area contributed by atoms with Crippen molar-refractivity contribution in [1.82, 2.24) is 4.98 Å². The molecule has 0 saturated heterocycles. The van der Waals surface area contributed by atoms with E-state index in [0.29, 0.717) is 0 Å². The Kier molecular flexibility index (Phi) is 4.38. The number of thiophene rings is 1. The Hall–Kier alpha value is -2.28. The molecule has 23 heavy (non-hydrogen) atoms. The number of rotatable bonds is 5. The molecule has 2 aromatic heterocycles. The molecule has 0 spiro atoms. The molecule has 2 atom stereocenters. The van der Waals surface area contributed by atoms with Gasteiger partial charge in [-0.1, -0.05) is 12.1 Å². The summed E-state index contributed by atoms with van der Waals surface area (Å²) in [5.41, 5.74) is 12.8. The lowest BCUT2D eigenvalue weighted by molar-refractivity contribution is -0.119. The Balaban J connectivity index is 1.99. The normalized spacial score (nSPS) is 13.8. The first-order valence-electron chi connectivity index (χ1n) is 7.18. The van der Waals surface area contributed by atoms with Gasteiger partial charge in [0.1, 0.15) is 0 Å². The summed E-state index contributed by atoms with van der Waals surface area (Å²) in [5, 5.41) is 11.2. The summed E-state index contributed by atoms with van der Waals surface area (Å²) in [6, 6.07) is 10.7. The molecule has 5 nitrogen and oxygen atoms in total. The van der Waals surface area contributed by atoms with Crippen LogP contribution in [0.5, 0.6) is 0 Å². The first-order valence-corrected chi connectivity index (χ1v) is 8.00. The summed E-state index contributed by atoms with van der Waals surface area (Å²) < 4.78 is 0. The molecule has 3 rings (SSSR count). The van der Waals surface area contributed by atoms with Crippen LogP contribution in [0.4, 0.5) is 0 Å². The number of carbonyl (C=O) groups is 1. The third kappa shape index (κ3) is 3.10. The van der Waals surface area contributed by atoms with Gasteiger partial charge in [-0.15, -0.1) is 11.3 Å². The molecule has 0 bridgehead atoms. The first-order chi connectivity index (χ1) is 11.1. The smallest absolute Gasteiger partial charge is 0.227 e. The molecule has 2 heterocycles. The van der Waals surface area contributed by atoms with Gasteiger partial charge in [-0.25, -0.2) is 0 Å². The maximum atomic E-state index is 12.0. The van der Waals surface area contributed by atoms with Crippen molar-refractivity contribution in [2.75, 3.05) is 0 Å². The molecule has 0 fully saturated rings. The standard InChI is InChI=1S/C17H17N3O2S/c18-16(11-1-2-12-8-20-6-5-10(12)7-11)15(17(19)22)14-4-3-13(9-21)23-14/h1-8,15-16,21H,9,18H2,(H2,19,22). The molecule has 0 aliphatic rings. The molecule has 1 amide bonds. The van der Waals surface area contributed by atoms with E-state index in [4.69, 9.17) is 11.5 Å². The maximum Gasteiger partial charge on any atom is 0.227 e. The van der Waals surface area contributed by atoms with Crippen molar-refractivity contribution in [3.05, 3.63) is 64.1 Å². The quantitative estimate of drug-likeness (QED) is 0.667. The second kappa shape index (κ2) is 6.45. The summed E-state index contributed by atoms with van der Waals surface area (Å²) in [4.78, 5) is 17.6. The molecule has 0 aliphatic carbocycles. The van der Waals surface area contributed by atoms with Gasteiger partial charge in [0.25, 0.3) is 0 Å². The van der Waals surface area contributed by atoms with E-state index in [1.54, 1.807) is 24.5 Å². The molecular weight excluding hydrogens is 310 g/mol. The number of hydrogen-bond acceptors (Lipinski definition) is 5. The molecule has 6 heteroatoms. The van der Waals surface area contributed by atoms with Crippen LogP contribution in [0, 0.1) is 0 Å². The van der Waals surface area contributed by atoms with Crippen LogP contribution >= 0.6 is 11.3 Å². The van der Waals surface area contributed by atoms with Crippen molar-refractivity contribution in [2.45, 2.75) is 18.6 Å². The molecule has 3 aromatic rings. The SMILES string of the molecule is NC(=O)C(c1ccc(CO)s1)C(N)c1ccc2cnccc2c1. The average molecular weight is 327 g/mol. The Morgan fingerprint density at radius 3 is 2.74 bits per heavy atom. The van der Waals surface area contributed by atoms with Crippen molar-refractivity contribution in [3.63, 3.8) is 0 Å². The molecule has 0 aliphatic heterocycles. The van der Waals surface area contributed by atoms with Gasteiger partial charge in [-0.05, 0) is 35.2 Å². The number of amides is 1. The lowest BCUT2D eigenvalue weighted by atomic mass is 9.91. The van der Waals surface area contributed by atoms with Crippen molar-refractivity contribution >= 4 is 28.0 Å². The Morgan fingerprint density at radius 1 is 1.22 bits per heavy atom. The van der Waals surface area contributed by atoms with E-state index >= 15 is 0 Å². The first kappa shape index (κ1) is 15.6. The minimum atomic E-state index is -0.625. The van der Waals surface area contributed by atoms with E-state index in [0.717, 1.165) is 26.1 Å². The van der Waals surface area contributed by atoms with E-state index < -0.39 is 17.9 Å². The highest BCUT2D eigenvalue weighted by Crippen LogP contribution is 2.34. The highest BCUT2D eigenvalue weighted by molar-refractivity contribution is 7.12. The van der Waals surface area contributed by atoms with Crippen LogP contribution in [0.1, 0.15) is 27.3 Å². The fraction of sp³-hybridized carbons (Fsp3) is 0.176. The van der Waals surface area contributed by atoms with Crippen LogP contribution in [0.25, 0.3) is 10.8 Å². The summed E-state index contributed by atoms with van der Waals surface area (Å²) in [6.45, 7) is -0.0611. The number of hydrogen-bond donors (Lipinski definition) is 3. The predicted molar refractivity (Wildman–Crippen MR) is 90.8 cm³/mol. The number of primary amides is 1. The predicted octanol–water partition coefficient (Wildman–Crippen LogP) is 2.06. The van der Waals surface area contributed by atoms with Crippen LogP contribution < -0.4 is 11.5 Å². The molecule has 118 valence electrons. The molecule has 1 aromatic carbocycles. The molecule has 0 radical (unpaired) electrons. The zero-order chi connectivity index (χ0) is 16.4. The third-order valence-corrected chi connectivity index (χ3v) is 5.01. The Morgan fingerprint density at radius 2 is 2.04 bits per heavy atom. The number of nitrogens with zero attached hydrogens (tertiary/aromatic N) is 1. The van der Waals surface area contributed by atoms with Crippen LogP contribution in [0.2, 0.25) is 0 Å². The van der Waals surface area contributed by atoms with Crippen LogP contribution in [0.15, 0.2) is 48.8 Å². The van der Waals surface area contributed by atoms with Gasteiger partial charge in [-0.3, -0.25) is 9.78 Å². The highest BCUT2D eigenvalue weighted by Gasteiger charge is 2.28. The van der Waals surface area contributed by atoms with Crippen molar-refractivity contribution in [2.24, 2.45) is 11.5 Å². The molecule has 5 N–H and O–H groups in total. The van der Waals surface area contributed by atoms with E-state index in [-0.39, 0.29) is 6.61 Å². The van der Waals surface area contributed by atoms with Gasteiger partial charge in [0.15, 0.2) is 0 Å². The molecular formula is C17H17N3O2S. The number of carbonyl (C=O) groups excluding carboxylic acids is 1. The second-order valence-corrected chi connectivity index (χ2v) is 6.55. The molecule has 0 saturated carbocycles. The minimum absolute atomic E-state index is 0.0611. The topological polar surface area (TPSA) is 102 Å². The van der Waals surface area contributed by atoms with E-state index in [1.807, 2.05) is 24.3 Å². The number of aromatic nitrogens is 1. The van der Waals surface area contributed by atoms with E-state index in [9.17, 15) is 9.90 Å². The van der Waals surface area contributed by atoms with Gasteiger partial charge in [-0.2, -0.15) is 0 Å². The number of fused-ring (bicyclic) bond motifs is 1. The van der Waals surface area contributed by atoms with Crippen molar-refractivity contribution in [3.8, 4) is 0 Å². The minimum Gasteiger partial charge on any atom is -0.391 e. The van der Waals surface area contributed by atoms with Gasteiger partial charge >= 0.3 is 0 Å². The Bertz CT molecular complexity index is 846. The van der Waals surface area contributed by atoms with E-state index in [2.05, 4.69) is 4.98 Å².